The molecule has 2 atom stereocenters. The summed E-state index contributed by atoms with van der Waals surface area (Å²) in [4.78, 5) is 7.45. The molecule has 13 rings (SSSR count). The first-order chi connectivity index (χ1) is 29.5. The van der Waals surface area contributed by atoms with Gasteiger partial charge in [-0.05, 0) is 115 Å². The first-order valence-corrected chi connectivity index (χ1v) is 21.4. The molecule has 3 aliphatic heterocycles. The average Bonchev–Trinajstić information content (AvgIpc) is 3.93. The minimum Gasteiger partial charge on any atom is -0.468 e. The van der Waals surface area contributed by atoms with E-state index in [0.717, 1.165) is 72.9 Å². The number of furan rings is 2. The average molecular weight is 776 g/mol. The Kier molecular flexibility index (Phi) is 6.97. The zero-order valence-corrected chi connectivity index (χ0v) is 33.7. The monoisotopic (exact) mass is 775 g/mol. The number of fused-ring (bicyclic) bond motifs is 11. The Bertz CT molecular complexity index is 3190. The van der Waals surface area contributed by atoms with Crippen molar-refractivity contribution in [1.82, 2.24) is 0 Å². The lowest BCUT2D eigenvalue weighted by atomic mass is 9.35. The summed E-state index contributed by atoms with van der Waals surface area (Å²) in [5.41, 5.74) is 16.9. The molecule has 2 aromatic heterocycles. The molecular weight excluding hydrogens is 733 g/mol. The van der Waals surface area contributed by atoms with Crippen LogP contribution in [0, 0.1) is 0 Å². The summed E-state index contributed by atoms with van der Waals surface area (Å²) in [5.74, 6) is 0.828. The van der Waals surface area contributed by atoms with Crippen LogP contribution in [-0.2, 0) is 5.41 Å². The van der Waals surface area contributed by atoms with E-state index >= 15 is 0 Å². The van der Waals surface area contributed by atoms with Gasteiger partial charge in [-0.3, -0.25) is 4.90 Å². The predicted octanol–water partition coefficient (Wildman–Crippen LogP) is 12.7. The molecule has 7 aromatic carbocycles. The number of nitrogens with zero attached hydrogens (tertiary/aromatic N) is 3. The summed E-state index contributed by atoms with van der Waals surface area (Å²) < 4.78 is 14.1. The van der Waals surface area contributed by atoms with Crippen molar-refractivity contribution in [3.8, 4) is 11.1 Å². The highest BCUT2D eigenvalue weighted by Crippen LogP contribution is 2.61. The lowest BCUT2D eigenvalue weighted by molar-refractivity contribution is 0.195. The van der Waals surface area contributed by atoms with Crippen molar-refractivity contribution < 1.29 is 8.83 Å². The Balaban J connectivity index is 1.03. The van der Waals surface area contributed by atoms with Gasteiger partial charge >= 0.3 is 6.71 Å². The molecule has 4 aliphatic rings. The maximum Gasteiger partial charge on any atom is 0.302 e. The van der Waals surface area contributed by atoms with Crippen LogP contribution in [-0.4, -0.2) is 12.3 Å². The molecule has 60 heavy (non-hydrogen) atoms. The Labute approximate surface area is 350 Å². The highest BCUT2D eigenvalue weighted by molar-refractivity contribution is 7.01. The zero-order valence-electron chi connectivity index (χ0n) is 33.7. The zero-order chi connectivity index (χ0) is 39.7. The number of anilines is 8. The van der Waals surface area contributed by atoms with Crippen LogP contribution in [0.15, 0.2) is 179 Å². The van der Waals surface area contributed by atoms with E-state index in [0.29, 0.717) is 0 Å². The van der Waals surface area contributed by atoms with Crippen molar-refractivity contribution in [3.63, 3.8) is 0 Å². The molecule has 1 saturated carbocycles. The van der Waals surface area contributed by atoms with Crippen LogP contribution in [0.1, 0.15) is 45.1 Å². The Hall–Kier alpha value is -6.92. The number of para-hydroxylation sites is 3. The minimum atomic E-state index is -0.189. The van der Waals surface area contributed by atoms with E-state index < -0.39 is 0 Å². The highest BCUT2D eigenvalue weighted by Gasteiger charge is 2.57. The molecule has 0 radical (unpaired) electrons. The first kappa shape index (κ1) is 34.0. The third-order valence-electron chi connectivity index (χ3n) is 14.6. The molecule has 0 bridgehead atoms. The Morgan fingerprint density at radius 1 is 0.500 bits per heavy atom. The summed E-state index contributed by atoms with van der Waals surface area (Å²) in [5, 5.41) is 2.19. The quantitative estimate of drug-likeness (QED) is 0.166. The Morgan fingerprint density at radius 3 is 1.97 bits per heavy atom. The second-order valence-electron chi connectivity index (χ2n) is 17.5. The van der Waals surface area contributed by atoms with Crippen molar-refractivity contribution in [3.05, 3.63) is 175 Å². The SMILES string of the molecule is CC12CCCCC1(C)N(c1ccc(N3c4cccc5c4B(c4oc6ccccc6c43)c3c(oc4ccccc34)N5c3cccc(-c4ccccc4)c3)cc1)c1ccccc12. The molecule has 2 unspecified atom stereocenters. The minimum absolute atomic E-state index is 0.00637. The molecule has 288 valence electrons. The van der Waals surface area contributed by atoms with Gasteiger partial charge in [-0.1, -0.05) is 117 Å². The van der Waals surface area contributed by atoms with Crippen LogP contribution in [0.25, 0.3) is 33.1 Å². The van der Waals surface area contributed by atoms with Crippen molar-refractivity contribution in [2.24, 2.45) is 0 Å². The van der Waals surface area contributed by atoms with E-state index in [1.54, 1.807) is 0 Å². The van der Waals surface area contributed by atoms with E-state index in [2.05, 4.69) is 198 Å². The van der Waals surface area contributed by atoms with Gasteiger partial charge in [-0.25, -0.2) is 0 Å². The fourth-order valence-corrected chi connectivity index (χ4v) is 11.7. The Morgan fingerprint density at radius 2 is 1.13 bits per heavy atom. The highest BCUT2D eigenvalue weighted by atomic mass is 16.4. The van der Waals surface area contributed by atoms with Crippen molar-refractivity contribution in [1.29, 1.82) is 0 Å². The fourth-order valence-electron chi connectivity index (χ4n) is 11.7. The summed E-state index contributed by atoms with van der Waals surface area (Å²) in [7, 11) is 0. The van der Waals surface area contributed by atoms with Crippen LogP contribution in [0.3, 0.4) is 0 Å². The van der Waals surface area contributed by atoms with Crippen LogP contribution in [0.5, 0.6) is 0 Å². The molecule has 1 aliphatic carbocycles. The molecule has 0 amide bonds. The van der Waals surface area contributed by atoms with Gasteiger partial charge < -0.3 is 18.6 Å². The topological polar surface area (TPSA) is 36.0 Å². The lowest BCUT2D eigenvalue weighted by Crippen LogP contribution is -2.60. The normalized spacial score (nSPS) is 19.9. The number of rotatable bonds is 4. The van der Waals surface area contributed by atoms with E-state index in [9.17, 15) is 0 Å². The molecule has 5 nitrogen and oxygen atoms in total. The summed E-state index contributed by atoms with van der Waals surface area (Å²) >= 11 is 0. The van der Waals surface area contributed by atoms with Crippen molar-refractivity contribution >= 4 is 90.9 Å². The van der Waals surface area contributed by atoms with Gasteiger partial charge in [0.05, 0.1) is 16.9 Å². The van der Waals surface area contributed by atoms with Crippen LogP contribution < -0.4 is 31.3 Å². The third kappa shape index (κ3) is 4.43. The number of benzene rings is 7. The maximum atomic E-state index is 7.10. The molecule has 1 fully saturated rings. The van der Waals surface area contributed by atoms with Crippen LogP contribution >= 0.6 is 0 Å². The van der Waals surface area contributed by atoms with E-state index in [4.69, 9.17) is 8.83 Å². The second-order valence-corrected chi connectivity index (χ2v) is 17.5. The molecule has 0 spiro atoms. The van der Waals surface area contributed by atoms with Gasteiger partial charge in [0, 0.05) is 55.8 Å². The van der Waals surface area contributed by atoms with Crippen LogP contribution in [0.4, 0.5) is 45.7 Å². The molecule has 5 heterocycles. The molecule has 0 saturated heterocycles. The number of hydrogen-bond acceptors (Lipinski definition) is 5. The first-order valence-electron chi connectivity index (χ1n) is 21.4. The van der Waals surface area contributed by atoms with Crippen LogP contribution in [0.2, 0.25) is 0 Å². The largest absolute Gasteiger partial charge is 0.468 e. The predicted molar refractivity (Wildman–Crippen MR) is 248 cm³/mol. The lowest BCUT2D eigenvalue weighted by Gasteiger charge is -2.50. The second kappa shape index (κ2) is 12.3. The van der Waals surface area contributed by atoms with Gasteiger partial charge in [0.2, 0.25) is 5.88 Å². The smallest absolute Gasteiger partial charge is 0.302 e. The van der Waals surface area contributed by atoms with E-state index in [1.807, 2.05) is 0 Å². The van der Waals surface area contributed by atoms with Gasteiger partial charge in [0.25, 0.3) is 0 Å². The maximum absolute atomic E-state index is 7.10. The molecule has 6 heteroatoms. The van der Waals surface area contributed by atoms with Crippen molar-refractivity contribution in [2.45, 2.75) is 50.5 Å². The molecular formula is C54H42BN3O2. The van der Waals surface area contributed by atoms with E-state index in [1.165, 1.54) is 53.6 Å². The third-order valence-corrected chi connectivity index (χ3v) is 14.6. The number of hydrogen-bond donors (Lipinski definition) is 0. The summed E-state index contributed by atoms with van der Waals surface area (Å²) in [6.07, 6.45) is 4.90. The van der Waals surface area contributed by atoms with E-state index in [-0.39, 0.29) is 17.7 Å². The standard InChI is InChI=1S/C54H42BN3O2/c1-53-32-12-13-33-54(53,2)58(43-23-9-8-22-42(43)53)38-30-28-37(29-31-38)56-44-24-15-25-45-49(44)55(51-50(56)41-21-7-11-27-47(41)59-51)48-40-20-6-10-26-46(40)60-52(48)57(45)39-19-14-18-36(34-39)35-16-4-3-5-17-35/h3-11,14-31,34H,12-13,32-33H2,1-2H3. The molecule has 9 aromatic rings. The summed E-state index contributed by atoms with van der Waals surface area (Å²) in [6, 6.07) is 61.6. The van der Waals surface area contributed by atoms with Gasteiger partial charge in [-0.2, -0.15) is 0 Å². The molecule has 0 N–H and O–H groups in total. The summed E-state index contributed by atoms with van der Waals surface area (Å²) in [6.45, 7) is 4.81. The van der Waals surface area contributed by atoms with Gasteiger partial charge in [0.15, 0.2) is 0 Å². The fraction of sp³-hybridized carbons (Fsp3) is 0.148. The van der Waals surface area contributed by atoms with Gasteiger partial charge in [0.1, 0.15) is 11.2 Å². The van der Waals surface area contributed by atoms with Gasteiger partial charge in [-0.15, -0.1) is 0 Å². The van der Waals surface area contributed by atoms with Crippen molar-refractivity contribution in [2.75, 3.05) is 14.7 Å².